The molecule has 2 aliphatic rings. The van der Waals surface area contributed by atoms with E-state index >= 15 is 0 Å². The Bertz CT molecular complexity index is 1010. The first-order valence-corrected chi connectivity index (χ1v) is 12.4. The van der Waals surface area contributed by atoms with Crippen LogP contribution in [0.25, 0.3) is 0 Å². The molecule has 0 radical (unpaired) electrons. The molecule has 0 unspecified atom stereocenters. The highest BCUT2D eigenvalue weighted by Crippen LogP contribution is 2.23. The first-order valence-electron chi connectivity index (χ1n) is 10.6. The van der Waals surface area contributed by atoms with Gasteiger partial charge in [0.2, 0.25) is 5.91 Å². The quantitative estimate of drug-likeness (QED) is 0.677. The summed E-state index contributed by atoms with van der Waals surface area (Å²) in [7, 11) is -3.61. The highest BCUT2D eigenvalue weighted by molar-refractivity contribution is 7.89. The topological polar surface area (TPSA) is 78.8 Å². The lowest BCUT2D eigenvalue weighted by atomic mass is 10.0. The Kier molecular flexibility index (Phi) is 6.55. The van der Waals surface area contributed by atoms with Crippen LogP contribution in [0.1, 0.15) is 19.8 Å². The van der Waals surface area contributed by atoms with Crippen molar-refractivity contribution in [2.75, 3.05) is 44.2 Å². The van der Waals surface area contributed by atoms with Gasteiger partial charge in [0.1, 0.15) is 6.54 Å². The van der Waals surface area contributed by atoms with Gasteiger partial charge in [-0.25, -0.2) is 13.4 Å². The summed E-state index contributed by atoms with van der Waals surface area (Å²) in [5.41, 5.74) is 1.09. The second kappa shape index (κ2) is 9.18. The van der Waals surface area contributed by atoms with E-state index in [0.717, 1.165) is 31.6 Å². The molecule has 0 N–H and O–H groups in total. The minimum atomic E-state index is -3.61. The molecule has 0 atom stereocenters. The molecule has 2 saturated heterocycles. The standard InChI is InChI=1S/C21H28ClN5O3S/c1-17-6-8-27(9-7-17)31(29,30)20-14-24(16-23-20)15-21(28)26-12-10-25(11-13-26)19-4-2-18(22)3-5-19/h2-5,14,16-17H,6-13,15H2,1H3. The SMILES string of the molecule is CC1CCN(S(=O)(=O)c2cn(CC(=O)N3CCN(c4ccc(Cl)cc4)CC3)cn2)CC1. The Morgan fingerprint density at radius 2 is 1.71 bits per heavy atom. The minimum Gasteiger partial charge on any atom is -0.368 e. The summed E-state index contributed by atoms with van der Waals surface area (Å²) in [5, 5.41) is 0.719. The van der Waals surface area contributed by atoms with Crippen molar-refractivity contribution in [2.24, 2.45) is 5.92 Å². The van der Waals surface area contributed by atoms with Crippen LogP contribution in [0, 0.1) is 5.92 Å². The summed E-state index contributed by atoms with van der Waals surface area (Å²) >= 11 is 5.95. The highest BCUT2D eigenvalue weighted by Gasteiger charge is 2.30. The van der Waals surface area contributed by atoms with Crippen molar-refractivity contribution in [3.05, 3.63) is 41.8 Å². The number of carbonyl (C=O) groups is 1. The lowest BCUT2D eigenvalue weighted by Gasteiger charge is -2.36. The average molecular weight is 466 g/mol. The molecule has 0 bridgehead atoms. The predicted octanol–water partition coefficient (Wildman–Crippen LogP) is 2.31. The first-order chi connectivity index (χ1) is 14.8. The van der Waals surface area contributed by atoms with Crippen LogP contribution in [0.15, 0.2) is 41.8 Å². The van der Waals surface area contributed by atoms with E-state index in [-0.39, 0.29) is 17.5 Å². The zero-order chi connectivity index (χ0) is 22.0. The first kappa shape index (κ1) is 22.1. The Morgan fingerprint density at radius 3 is 2.35 bits per heavy atom. The summed E-state index contributed by atoms with van der Waals surface area (Å²) in [6, 6.07) is 7.69. The smallest absolute Gasteiger partial charge is 0.262 e. The van der Waals surface area contributed by atoms with Crippen molar-refractivity contribution in [3.8, 4) is 0 Å². The number of anilines is 1. The van der Waals surface area contributed by atoms with Crippen LogP contribution >= 0.6 is 11.6 Å². The van der Waals surface area contributed by atoms with E-state index in [9.17, 15) is 13.2 Å². The molecule has 10 heteroatoms. The zero-order valence-electron chi connectivity index (χ0n) is 17.7. The molecule has 3 heterocycles. The number of amides is 1. The van der Waals surface area contributed by atoms with Crippen LogP contribution in [0.5, 0.6) is 0 Å². The normalized spacial score (nSPS) is 19.0. The number of nitrogens with zero attached hydrogens (tertiary/aromatic N) is 5. The molecule has 8 nitrogen and oxygen atoms in total. The van der Waals surface area contributed by atoms with Crippen molar-refractivity contribution in [2.45, 2.75) is 31.3 Å². The Labute approximate surface area is 188 Å². The molecule has 31 heavy (non-hydrogen) atoms. The van der Waals surface area contributed by atoms with Gasteiger partial charge in [-0.2, -0.15) is 4.31 Å². The zero-order valence-corrected chi connectivity index (χ0v) is 19.2. The minimum absolute atomic E-state index is 0.0161. The maximum atomic E-state index is 12.8. The van der Waals surface area contributed by atoms with Gasteiger partial charge in [-0.05, 0) is 43.0 Å². The molecular weight excluding hydrogens is 438 g/mol. The molecule has 4 rings (SSSR count). The number of hydrogen-bond donors (Lipinski definition) is 0. The van der Waals surface area contributed by atoms with Crippen LogP contribution in [0.4, 0.5) is 5.69 Å². The average Bonchev–Trinajstić information content (AvgIpc) is 3.24. The van der Waals surface area contributed by atoms with Gasteiger partial charge in [-0.3, -0.25) is 4.79 Å². The van der Waals surface area contributed by atoms with Gasteiger partial charge in [0.15, 0.2) is 5.03 Å². The van der Waals surface area contributed by atoms with Crippen LogP contribution in [-0.4, -0.2) is 72.3 Å². The third-order valence-corrected chi connectivity index (χ3v) is 8.13. The number of piperazine rings is 1. The fourth-order valence-electron chi connectivity index (χ4n) is 4.04. The second-order valence-corrected chi connectivity index (χ2v) is 10.6. The maximum Gasteiger partial charge on any atom is 0.262 e. The number of hydrogen-bond acceptors (Lipinski definition) is 5. The van der Waals surface area contributed by atoms with Gasteiger partial charge < -0.3 is 14.4 Å². The van der Waals surface area contributed by atoms with E-state index in [2.05, 4.69) is 16.8 Å². The summed E-state index contributed by atoms with van der Waals surface area (Å²) < 4.78 is 28.7. The molecule has 168 valence electrons. The monoisotopic (exact) mass is 465 g/mol. The fourth-order valence-corrected chi connectivity index (χ4v) is 5.57. The number of aromatic nitrogens is 2. The fraction of sp³-hybridized carbons (Fsp3) is 0.524. The molecule has 0 aliphatic carbocycles. The van der Waals surface area contributed by atoms with Crippen molar-refractivity contribution in [3.63, 3.8) is 0 Å². The Balaban J connectivity index is 1.32. The van der Waals surface area contributed by atoms with Crippen LogP contribution in [0.3, 0.4) is 0 Å². The van der Waals surface area contributed by atoms with E-state index < -0.39 is 10.0 Å². The van der Waals surface area contributed by atoms with E-state index in [1.54, 1.807) is 4.57 Å². The number of benzene rings is 1. The number of halogens is 1. The summed E-state index contributed by atoms with van der Waals surface area (Å²) in [4.78, 5) is 20.9. The van der Waals surface area contributed by atoms with Crippen LogP contribution in [-0.2, 0) is 21.4 Å². The molecule has 2 fully saturated rings. The van der Waals surface area contributed by atoms with Gasteiger partial charge in [0.25, 0.3) is 10.0 Å². The van der Waals surface area contributed by atoms with Gasteiger partial charge in [0.05, 0.1) is 6.33 Å². The lowest BCUT2D eigenvalue weighted by molar-refractivity contribution is -0.132. The predicted molar refractivity (Wildman–Crippen MR) is 120 cm³/mol. The number of rotatable bonds is 5. The third kappa shape index (κ3) is 5.05. The van der Waals surface area contributed by atoms with Gasteiger partial charge >= 0.3 is 0 Å². The van der Waals surface area contributed by atoms with E-state index in [1.807, 2.05) is 29.2 Å². The number of sulfonamides is 1. The molecule has 2 aliphatic heterocycles. The van der Waals surface area contributed by atoms with Crippen molar-refractivity contribution in [1.82, 2.24) is 18.8 Å². The third-order valence-electron chi connectivity index (χ3n) is 6.10. The molecule has 1 aromatic carbocycles. The number of carbonyl (C=O) groups excluding carboxylic acids is 1. The van der Waals surface area contributed by atoms with E-state index in [1.165, 1.54) is 16.8 Å². The highest BCUT2D eigenvalue weighted by atomic mass is 35.5. The van der Waals surface area contributed by atoms with Crippen molar-refractivity contribution < 1.29 is 13.2 Å². The molecular formula is C21H28ClN5O3S. The summed E-state index contributed by atoms with van der Waals surface area (Å²) in [6.45, 7) is 5.98. The van der Waals surface area contributed by atoms with Gasteiger partial charge in [-0.15, -0.1) is 0 Å². The Morgan fingerprint density at radius 1 is 1.06 bits per heavy atom. The molecule has 1 amide bonds. The van der Waals surface area contributed by atoms with Gasteiger partial charge in [-0.1, -0.05) is 18.5 Å². The molecule has 0 spiro atoms. The van der Waals surface area contributed by atoms with E-state index in [4.69, 9.17) is 11.6 Å². The summed E-state index contributed by atoms with van der Waals surface area (Å²) in [5.74, 6) is 0.505. The van der Waals surface area contributed by atoms with Crippen molar-refractivity contribution >= 4 is 33.2 Å². The molecule has 1 aromatic heterocycles. The summed E-state index contributed by atoms with van der Waals surface area (Å²) in [6.07, 6.45) is 4.62. The molecule has 2 aromatic rings. The van der Waals surface area contributed by atoms with Crippen LogP contribution in [0.2, 0.25) is 5.02 Å². The number of piperidine rings is 1. The lowest BCUT2D eigenvalue weighted by Crippen LogP contribution is -2.49. The van der Waals surface area contributed by atoms with E-state index in [0.29, 0.717) is 37.1 Å². The second-order valence-electron chi connectivity index (χ2n) is 8.32. The largest absolute Gasteiger partial charge is 0.368 e. The number of imidazole rings is 1. The van der Waals surface area contributed by atoms with Crippen molar-refractivity contribution in [1.29, 1.82) is 0 Å². The maximum absolute atomic E-state index is 12.8. The van der Waals surface area contributed by atoms with Gasteiger partial charge in [0, 0.05) is 56.2 Å². The van der Waals surface area contributed by atoms with Crippen LogP contribution < -0.4 is 4.90 Å². The Hall–Kier alpha value is -2.10. The molecule has 0 saturated carbocycles.